The van der Waals surface area contributed by atoms with Crippen LogP contribution in [0.5, 0.6) is 11.5 Å². The number of nitrogens with zero attached hydrogens (tertiary/aromatic N) is 1. The normalized spacial score (nSPS) is 12.2. The molecule has 26 heavy (non-hydrogen) atoms. The van der Waals surface area contributed by atoms with Crippen molar-refractivity contribution in [3.8, 4) is 22.8 Å². The Kier molecular flexibility index (Phi) is 4.31. The first kappa shape index (κ1) is 16.2. The molecule has 3 aromatic rings. The van der Waals surface area contributed by atoms with Crippen LogP contribution in [0.2, 0.25) is 0 Å². The number of ether oxygens (including phenoxy) is 2. The molecule has 6 nitrogen and oxygen atoms in total. The number of aromatic nitrogens is 1. The van der Waals surface area contributed by atoms with E-state index in [2.05, 4.69) is 10.5 Å². The van der Waals surface area contributed by atoms with Crippen LogP contribution in [0, 0.1) is 6.92 Å². The van der Waals surface area contributed by atoms with Crippen molar-refractivity contribution >= 4 is 5.91 Å². The maximum atomic E-state index is 12.1. The van der Waals surface area contributed by atoms with Gasteiger partial charge in [-0.2, -0.15) is 0 Å². The molecule has 0 fully saturated rings. The third kappa shape index (κ3) is 3.54. The van der Waals surface area contributed by atoms with Crippen molar-refractivity contribution in [3.63, 3.8) is 0 Å². The fourth-order valence-electron chi connectivity index (χ4n) is 2.84. The van der Waals surface area contributed by atoms with Gasteiger partial charge in [0, 0.05) is 11.6 Å². The van der Waals surface area contributed by atoms with Gasteiger partial charge < -0.3 is 19.3 Å². The minimum Gasteiger partial charge on any atom is -0.454 e. The molecule has 2 heterocycles. The van der Waals surface area contributed by atoms with E-state index >= 15 is 0 Å². The lowest BCUT2D eigenvalue weighted by atomic mass is 10.1. The number of aryl methyl sites for hydroxylation is 1. The molecule has 1 aromatic heterocycles. The first-order valence-corrected chi connectivity index (χ1v) is 8.35. The fourth-order valence-corrected chi connectivity index (χ4v) is 2.84. The summed E-state index contributed by atoms with van der Waals surface area (Å²) in [5, 5.41) is 6.88. The van der Waals surface area contributed by atoms with Gasteiger partial charge in [-0.3, -0.25) is 4.79 Å². The first-order valence-electron chi connectivity index (χ1n) is 8.35. The first-order chi connectivity index (χ1) is 12.7. The maximum absolute atomic E-state index is 12.1. The van der Waals surface area contributed by atoms with Crippen molar-refractivity contribution in [1.82, 2.24) is 10.5 Å². The number of rotatable bonds is 5. The second-order valence-corrected chi connectivity index (χ2v) is 6.19. The molecule has 0 atom stereocenters. The molecule has 4 rings (SSSR count). The molecule has 0 unspecified atom stereocenters. The van der Waals surface area contributed by atoms with Crippen molar-refractivity contribution in [2.75, 3.05) is 6.79 Å². The van der Waals surface area contributed by atoms with E-state index in [1.807, 2.05) is 55.5 Å². The molecule has 132 valence electrons. The average molecular weight is 350 g/mol. The van der Waals surface area contributed by atoms with E-state index in [0.717, 1.165) is 22.4 Å². The van der Waals surface area contributed by atoms with E-state index in [0.29, 0.717) is 30.2 Å². The summed E-state index contributed by atoms with van der Waals surface area (Å²) in [6, 6.07) is 15.3. The lowest BCUT2D eigenvalue weighted by Crippen LogP contribution is -2.24. The van der Waals surface area contributed by atoms with Crippen LogP contribution in [-0.4, -0.2) is 17.9 Å². The van der Waals surface area contributed by atoms with Gasteiger partial charge in [-0.1, -0.05) is 35.0 Å². The average Bonchev–Trinajstić information content (AvgIpc) is 3.28. The van der Waals surface area contributed by atoms with E-state index in [4.69, 9.17) is 14.0 Å². The molecule has 1 aliphatic heterocycles. The Balaban J connectivity index is 1.37. The predicted octanol–water partition coefficient (Wildman–Crippen LogP) is 3.24. The van der Waals surface area contributed by atoms with Crippen LogP contribution >= 0.6 is 0 Å². The molecular formula is C20H18N2O4. The smallest absolute Gasteiger partial charge is 0.231 e. The lowest BCUT2D eigenvalue weighted by molar-refractivity contribution is -0.120. The molecule has 0 aliphatic carbocycles. The quantitative estimate of drug-likeness (QED) is 0.765. The fraction of sp³-hybridized carbons (Fsp3) is 0.200. The minimum atomic E-state index is -0.0526. The number of nitrogens with one attached hydrogen (secondary N) is 1. The third-order valence-electron chi connectivity index (χ3n) is 4.13. The van der Waals surface area contributed by atoms with E-state index in [9.17, 15) is 4.79 Å². The molecule has 1 aliphatic rings. The number of amides is 1. The number of carbonyl (C=O) groups excluding carboxylic acids is 1. The van der Waals surface area contributed by atoms with Crippen molar-refractivity contribution in [1.29, 1.82) is 0 Å². The number of fused-ring (bicyclic) bond motifs is 1. The zero-order valence-electron chi connectivity index (χ0n) is 14.3. The molecule has 1 N–H and O–H groups in total. The highest BCUT2D eigenvalue weighted by atomic mass is 16.7. The Hall–Kier alpha value is -3.28. The second kappa shape index (κ2) is 6.92. The zero-order valence-corrected chi connectivity index (χ0v) is 14.3. The standard InChI is InChI=1S/C20H18N2O4/c1-13-3-2-4-14(7-13)8-20(23)21-11-16-10-18(26-22-16)15-5-6-17-19(9-15)25-12-24-17/h2-7,9-10H,8,11-12H2,1H3,(H,21,23). The highest BCUT2D eigenvalue weighted by molar-refractivity contribution is 5.78. The van der Waals surface area contributed by atoms with Crippen LogP contribution < -0.4 is 14.8 Å². The topological polar surface area (TPSA) is 73.6 Å². The number of hydrogen-bond acceptors (Lipinski definition) is 5. The summed E-state index contributed by atoms with van der Waals surface area (Å²) in [4.78, 5) is 12.1. The van der Waals surface area contributed by atoms with Gasteiger partial charge in [-0.05, 0) is 30.7 Å². The summed E-state index contributed by atoms with van der Waals surface area (Å²) in [6.45, 7) is 2.56. The highest BCUT2D eigenvalue weighted by Crippen LogP contribution is 2.35. The molecule has 0 bridgehead atoms. The third-order valence-corrected chi connectivity index (χ3v) is 4.13. The molecule has 1 amide bonds. The van der Waals surface area contributed by atoms with Crippen LogP contribution in [-0.2, 0) is 17.8 Å². The van der Waals surface area contributed by atoms with Gasteiger partial charge in [0.1, 0.15) is 5.69 Å². The Morgan fingerprint density at radius 2 is 2.00 bits per heavy atom. The Bertz CT molecular complexity index is 948. The number of carbonyl (C=O) groups is 1. The summed E-state index contributed by atoms with van der Waals surface area (Å²) >= 11 is 0. The molecule has 6 heteroatoms. The maximum Gasteiger partial charge on any atom is 0.231 e. The lowest BCUT2D eigenvalue weighted by Gasteiger charge is -2.04. The van der Waals surface area contributed by atoms with Crippen molar-refractivity contribution in [2.24, 2.45) is 0 Å². The molecular weight excluding hydrogens is 332 g/mol. The summed E-state index contributed by atoms with van der Waals surface area (Å²) in [5.41, 5.74) is 3.64. The van der Waals surface area contributed by atoms with Crippen LogP contribution in [0.25, 0.3) is 11.3 Å². The minimum absolute atomic E-state index is 0.0526. The van der Waals surface area contributed by atoms with Crippen LogP contribution in [0.4, 0.5) is 0 Å². The van der Waals surface area contributed by atoms with Gasteiger partial charge in [0.25, 0.3) is 0 Å². The second-order valence-electron chi connectivity index (χ2n) is 6.19. The van der Waals surface area contributed by atoms with Gasteiger partial charge in [-0.15, -0.1) is 0 Å². The van der Waals surface area contributed by atoms with Gasteiger partial charge >= 0.3 is 0 Å². The van der Waals surface area contributed by atoms with Gasteiger partial charge in [0.15, 0.2) is 17.3 Å². The van der Waals surface area contributed by atoms with Gasteiger partial charge in [0.2, 0.25) is 12.7 Å². The zero-order chi connectivity index (χ0) is 17.9. The van der Waals surface area contributed by atoms with Crippen molar-refractivity contribution in [2.45, 2.75) is 19.9 Å². The summed E-state index contributed by atoms with van der Waals surface area (Å²) < 4.78 is 16.0. The molecule has 0 saturated heterocycles. The van der Waals surface area contributed by atoms with E-state index in [1.54, 1.807) is 0 Å². The summed E-state index contributed by atoms with van der Waals surface area (Å²) in [5.74, 6) is 1.97. The molecule has 0 spiro atoms. The predicted molar refractivity (Wildman–Crippen MR) is 94.8 cm³/mol. The molecule has 0 saturated carbocycles. The van der Waals surface area contributed by atoms with E-state index in [-0.39, 0.29) is 12.7 Å². The summed E-state index contributed by atoms with van der Waals surface area (Å²) in [6.07, 6.45) is 0.342. The molecule has 0 radical (unpaired) electrons. The Morgan fingerprint density at radius 3 is 2.88 bits per heavy atom. The highest BCUT2D eigenvalue weighted by Gasteiger charge is 2.16. The van der Waals surface area contributed by atoms with Crippen LogP contribution in [0.3, 0.4) is 0 Å². The van der Waals surface area contributed by atoms with Gasteiger partial charge in [-0.25, -0.2) is 0 Å². The largest absolute Gasteiger partial charge is 0.454 e. The Labute approximate surface area is 150 Å². The van der Waals surface area contributed by atoms with Gasteiger partial charge in [0.05, 0.1) is 13.0 Å². The Morgan fingerprint density at radius 1 is 1.12 bits per heavy atom. The van der Waals surface area contributed by atoms with Crippen molar-refractivity contribution in [3.05, 3.63) is 65.4 Å². The van der Waals surface area contributed by atoms with Crippen LogP contribution in [0.15, 0.2) is 53.1 Å². The van der Waals surface area contributed by atoms with E-state index in [1.165, 1.54) is 0 Å². The monoisotopic (exact) mass is 350 g/mol. The number of benzene rings is 2. The van der Waals surface area contributed by atoms with E-state index < -0.39 is 0 Å². The van der Waals surface area contributed by atoms with Crippen LogP contribution in [0.1, 0.15) is 16.8 Å². The number of hydrogen-bond donors (Lipinski definition) is 1. The van der Waals surface area contributed by atoms with Crippen molar-refractivity contribution < 1.29 is 18.8 Å². The summed E-state index contributed by atoms with van der Waals surface area (Å²) in [7, 11) is 0. The SMILES string of the molecule is Cc1cccc(CC(=O)NCc2cc(-c3ccc4c(c3)OCO4)on2)c1. The molecule has 2 aromatic carbocycles.